The topological polar surface area (TPSA) is 55.8 Å². The van der Waals surface area contributed by atoms with E-state index in [1.807, 2.05) is 0 Å². The van der Waals surface area contributed by atoms with E-state index in [2.05, 4.69) is 9.47 Å². The maximum absolute atomic E-state index is 12.4. The first-order valence-electron chi connectivity index (χ1n) is 3.57. The number of halogens is 6. The molecule has 0 amide bonds. The molecule has 0 spiro atoms. The summed E-state index contributed by atoms with van der Waals surface area (Å²) in [5, 5.41) is 7.54. The lowest BCUT2D eigenvalue weighted by Gasteiger charge is -2.25. The van der Waals surface area contributed by atoms with Crippen LogP contribution >= 0.6 is 0 Å². The van der Waals surface area contributed by atoms with Crippen molar-refractivity contribution < 1.29 is 45.7 Å². The molecule has 0 aromatic heterocycles. The molecule has 96 valence electrons. The molecule has 1 N–H and O–H groups in total. The molecule has 0 saturated heterocycles. The van der Waals surface area contributed by atoms with Crippen LogP contribution < -0.4 is 0 Å². The van der Waals surface area contributed by atoms with Crippen molar-refractivity contribution in [2.75, 3.05) is 6.61 Å². The van der Waals surface area contributed by atoms with E-state index in [0.717, 1.165) is 0 Å². The molecule has 0 atom stereocenters. The van der Waals surface area contributed by atoms with Crippen molar-refractivity contribution in [1.82, 2.24) is 0 Å². The van der Waals surface area contributed by atoms with Gasteiger partial charge in [0, 0.05) is 6.92 Å². The van der Waals surface area contributed by atoms with Crippen molar-refractivity contribution in [3.8, 4) is 0 Å². The normalized spacial score (nSPS) is 13.8. The van der Waals surface area contributed by atoms with E-state index in [1.165, 1.54) is 0 Å². The predicted octanol–water partition coefficient (Wildman–Crippen LogP) is 1.34. The van der Waals surface area contributed by atoms with E-state index in [4.69, 9.17) is 5.11 Å². The molecule has 0 saturated carbocycles. The standard InChI is InChI=1S/C6H6F6O4/c1-3(13)15-2-4(7,8)16-6(11,12)5(9,10)14/h14H,2H2,1H3. The summed E-state index contributed by atoms with van der Waals surface area (Å²) in [6.07, 6.45) is -16.5. The van der Waals surface area contributed by atoms with Gasteiger partial charge in [0.15, 0.2) is 6.61 Å². The van der Waals surface area contributed by atoms with E-state index >= 15 is 0 Å². The third-order valence-corrected chi connectivity index (χ3v) is 1.07. The molecule has 0 fully saturated rings. The minimum atomic E-state index is -5.81. The van der Waals surface area contributed by atoms with Crippen LogP contribution in [0.2, 0.25) is 0 Å². The van der Waals surface area contributed by atoms with Crippen molar-refractivity contribution in [2.45, 2.75) is 25.2 Å². The average Bonchev–Trinajstić information content (AvgIpc) is 1.96. The predicted molar refractivity (Wildman–Crippen MR) is 34.8 cm³/mol. The second-order valence-corrected chi connectivity index (χ2v) is 2.58. The van der Waals surface area contributed by atoms with Gasteiger partial charge in [-0.2, -0.15) is 26.3 Å². The second kappa shape index (κ2) is 4.45. The molecule has 4 nitrogen and oxygen atoms in total. The van der Waals surface area contributed by atoms with Gasteiger partial charge in [0.1, 0.15) is 0 Å². The highest BCUT2D eigenvalue weighted by Gasteiger charge is 2.62. The molecule has 0 aliphatic rings. The lowest BCUT2D eigenvalue weighted by molar-refractivity contribution is -0.475. The van der Waals surface area contributed by atoms with Crippen molar-refractivity contribution in [2.24, 2.45) is 0 Å². The van der Waals surface area contributed by atoms with Crippen molar-refractivity contribution in [3.63, 3.8) is 0 Å². The van der Waals surface area contributed by atoms with Gasteiger partial charge in [0.25, 0.3) is 0 Å². The minimum Gasteiger partial charge on any atom is -0.457 e. The van der Waals surface area contributed by atoms with Gasteiger partial charge in [-0.1, -0.05) is 0 Å². The first-order valence-corrected chi connectivity index (χ1v) is 3.57. The van der Waals surface area contributed by atoms with Crippen LogP contribution in [0.15, 0.2) is 0 Å². The summed E-state index contributed by atoms with van der Waals surface area (Å²) in [7, 11) is 0. The van der Waals surface area contributed by atoms with E-state index in [1.54, 1.807) is 0 Å². The molecular weight excluding hydrogens is 250 g/mol. The smallest absolute Gasteiger partial charge is 0.452 e. The fourth-order valence-corrected chi connectivity index (χ4v) is 0.464. The number of rotatable bonds is 5. The average molecular weight is 256 g/mol. The van der Waals surface area contributed by atoms with E-state index in [0.29, 0.717) is 6.92 Å². The van der Waals surface area contributed by atoms with Crippen LogP contribution in [0.1, 0.15) is 6.92 Å². The summed E-state index contributed by atoms with van der Waals surface area (Å²) in [4.78, 5) is 10.1. The maximum atomic E-state index is 12.4. The highest BCUT2D eigenvalue weighted by atomic mass is 19.3. The van der Waals surface area contributed by atoms with Crippen LogP contribution in [0.4, 0.5) is 26.3 Å². The molecule has 0 radical (unpaired) electrons. The van der Waals surface area contributed by atoms with Crippen molar-refractivity contribution in [3.05, 3.63) is 0 Å². The van der Waals surface area contributed by atoms with Gasteiger partial charge in [0.05, 0.1) is 0 Å². The molecule has 0 aliphatic carbocycles. The zero-order chi connectivity index (χ0) is 13.2. The largest absolute Gasteiger partial charge is 0.457 e. The summed E-state index contributed by atoms with van der Waals surface area (Å²) in [6.45, 7) is -1.29. The summed E-state index contributed by atoms with van der Waals surface area (Å²) >= 11 is 0. The Balaban J connectivity index is 4.51. The number of aliphatic hydroxyl groups is 1. The number of hydrogen-bond acceptors (Lipinski definition) is 4. The summed E-state index contributed by atoms with van der Waals surface area (Å²) < 4.78 is 78.3. The fourth-order valence-electron chi connectivity index (χ4n) is 0.464. The minimum absolute atomic E-state index is 0.689. The molecule has 0 aromatic rings. The van der Waals surface area contributed by atoms with Crippen LogP contribution in [0, 0.1) is 0 Å². The highest BCUT2D eigenvalue weighted by Crippen LogP contribution is 2.37. The number of carbonyl (C=O) groups excluding carboxylic acids is 1. The summed E-state index contributed by atoms with van der Waals surface area (Å²) in [5.41, 5.74) is 0. The lowest BCUT2D eigenvalue weighted by atomic mass is 10.5. The van der Waals surface area contributed by atoms with Gasteiger partial charge in [-0.3, -0.25) is 4.79 Å². The van der Waals surface area contributed by atoms with E-state index < -0.39 is 30.9 Å². The quantitative estimate of drug-likeness (QED) is 0.595. The van der Waals surface area contributed by atoms with Crippen LogP contribution in [0.5, 0.6) is 0 Å². The Labute approximate surface area is 84.7 Å². The van der Waals surface area contributed by atoms with Gasteiger partial charge in [-0.05, 0) is 0 Å². The summed E-state index contributed by atoms with van der Waals surface area (Å²) in [6, 6.07) is 0. The van der Waals surface area contributed by atoms with Crippen molar-refractivity contribution in [1.29, 1.82) is 0 Å². The lowest BCUT2D eigenvalue weighted by Crippen LogP contribution is -2.48. The number of alkyl halides is 6. The van der Waals surface area contributed by atoms with Crippen LogP contribution in [-0.4, -0.2) is 36.0 Å². The summed E-state index contributed by atoms with van der Waals surface area (Å²) in [5.74, 6) is -1.25. The van der Waals surface area contributed by atoms with Gasteiger partial charge >= 0.3 is 24.3 Å². The van der Waals surface area contributed by atoms with Crippen LogP contribution in [-0.2, 0) is 14.3 Å². The molecule has 16 heavy (non-hydrogen) atoms. The Morgan fingerprint density at radius 1 is 1.19 bits per heavy atom. The Hall–Kier alpha value is -1.03. The highest BCUT2D eigenvalue weighted by molar-refractivity contribution is 5.65. The van der Waals surface area contributed by atoms with Gasteiger partial charge in [-0.25, -0.2) is 4.74 Å². The fraction of sp³-hybridized carbons (Fsp3) is 0.833. The van der Waals surface area contributed by atoms with Gasteiger partial charge in [-0.15, -0.1) is 0 Å². The molecule has 0 bridgehead atoms. The Morgan fingerprint density at radius 2 is 1.62 bits per heavy atom. The monoisotopic (exact) mass is 256 g/mol. The third-order valence-electron chi connectivity index (χ3n) is 1.07. The third kappa shape index (κ3) is 4.66. The Bertz CT molecular complexity index is 260. The molecule has 0 aromatic carbocycles. The molecule has 0 aliphatic heterocycles. The first-order chi connectivity index (χ1) is 6.87. The number of esters is 1. The maximum Gasteiger partial charge on any atom is 0.452 e. The SMILES string of the molecule is CC(=O)OCC(F)(F)OC(F)(F)C(O)(F)F. The van der Waals surface area contributed by atoms with Crippen LogP contribution in [0.25, 0.3) is 0 Å². The first kappa shape index (κ1) is 15.0. The molecule has 0 heterocycles. The number of hydrogen-bond donors (Lipinski definition) is 1. The Morgan fingerprint density at radius 3 is 1.94 bits per heavy atom. The zero-order valence-electron chi connectivity index (χ0n) is 7.65. The molecule has 0 rings (SSSR count). The van der Waals surface area contributed by atoms with E-state index in [-0.39, 0.29) is 0 Å². The van der Waals surface area contributed by atoms with Gasteiger partial charge in [0.2, 0.25) is 0 Å². The van der Waals surface area contributed by atoms with Crippen molar-refractivity contribution >= 4 is 5.97 Å². The number of ether oxygens (including phenoxy) is 2. The van der Waals surface area contributed by atoms with Gasteiger partial charge < -0.3 is 9.84 Å². The molecule has 10 heteroatoms. The Kier molecular flexibility index (Phi) is 4.17. The number of carbonyl (C=O) groups is 1. The molecular formula is C6H6F6O4. The van der Waals surface area contributed by atoms with Crippen LogP contribution in [0.3, 0.4) is 0 Å². The zero-order valence-corrected chi connectivity index (χ0v) is 7.65. The molecule has 0 unspecified atom stereocenters. The second-order valence-electron chi connectivity index (χ2n) is 2.58. The van der Waals surface area contributed by atoms with E-state index in [9.17, 15) is 31.1 Å².